The minimum absolute atomic E-state index is 0.177. The van der Waals surface area contributed by atoms with Gasteiger partial charge in [0.1, 0.15) is 17.2 Å². The number of benzene rings is 4. The fraction of sp³-hybridized carbons (Fsp3) is 0.0741. The molecule has 0 unspecified atom stereocenters. The molecule has 4 aromatic carbocycles. The lowest BCUT2D eigenvalue weighted by atomic mass is 9.92. The Morgan fingerprint density at radius 1 is 0.548 bits per heavy atom. The van der Waals surface area contributed by atoms with Crippen molar-refractivity contribution in [3.63, 3.8) is 0 Å². The molecule has 0 radical (unpaired) electrons. The summed E-state index contributed by atoms with van der Waals surface area (Å²) >= 11 is 0. The highest BCUT2D eigenvalue weighted by Crippen LogP contribution is 2.26. The van der Waals surface area contributed by atoms with Gasteiger partial charge in [-0.15, -0.1) is 0 Å². The van der Waals surface area contributed by atoms with Crippen molar-refractivity contribution in [1.29, 1.82) is 5.26 Å². The molecule has 4 rings (SSSR count). The monoisotopic (exact) mass is 409 g/mol. The summed E-state index contributed by atoms with van der Waals surface area (Å²) in [5.74, 6) is 0.283. The third-order valence-electron chi connectivity index (χ3n) is 4.77. The van der Waals surface area contributed by atoms with Gasteiger partial charge in [0.05, 0.1) is 12.0 Å². The molecule has 3 N–H and O–H groups in total. The molecule has 4 aromatic rings. The highest BCUT2D eigenvalue weighted by Gasteiger charge is 2.13. The number of phenols is 3. The van der Waals surface area contributed by atoms with E-state index in [2.05, 4.69) is 18.2 Å². The van der Waals surface area contributed by atoms with E-state index in [-0.39, 0.29) is 11.5 Å². The molecule has 0 fully saturated rings. The minimum atomic E-state index is -0.392. The molecule has 0 amide bonds. The van der Waals surface area contributed by atoms with Gasteiger partial charge in [-0.1, -0.05) is 66.7 Å². The lowest BCUT2D eigenvalue weighted by Gasteiger charge is -2.09. The van der Waals surface area contributed by atoms with Gasteiger partial charge in [-0.3, -0.25) is 0 Å². The van der Waals surface area contributed by atoms with Crippen molar-refractivity contribution in [1.82, 2.24) is 0 Å². The predicted octanol–water partition coefficient (Wildman–Crippen LogP) is 5.74. The van der Waals surface area contributed by atoms with E-state index in [9.17, 15) is 15.5 Å². The molecule has 4 heteroatoms. The summed E-state index contributed by atoms with van der Waals surface area (Å²) in [7, 11) is 0. The van der Waals surface area contributed by atoms with Crippen LogP contribution in [0.2, 0.25) is 0 Å². The molecule has 0 bridgehead atoms. The van der Waals surface area contributed by atoms with Crippen LogP contribution in [0, 0.1) is 11.3 Å². The highest BCUT2D eigenvalue weighted by atomic mass is 16.3. The number of nitrogens with zero attached hydrogens (tertiary/aromatic N) is 1. The second-order valence-corrected chi connectivity index (χ2v) is 7.07. The van der Waals surface area contributed by atoms with E-state index in [1.165, 1.54) is 11.1 Å². The van der Waals surface area contributed by atoms with Crippen LogP contribution in [0.1, 0.15) is 28.2 Å². The quantitative estimate of drug-likeness (QED) is 0.401. The SMILES string of the molecule is N#CC(c1ccc(O)cc1)c1ccc(O)cc1.Oc1ccc(Cc2ccccc2)cc1. The van der Waals surface area contributed by atoms with E-state index in [4.69, 9.17) is 5.11 Å². The maximum Gasteiger partial charge on any atom is 0.115 e. The first-order valence-corrected chi connectivity index (χ1v) is 9.84. The van der Waals surface area contributed by atoms with Crippen LogP contribution >= 0.6 is 0 Å². The summed E-state index contributed by atoms with van der Waals surface area (Å²) in [5, 5.41) is 36.7. The minimum Gasteiger partial charge on any atom is -0.508 e. The Kier molecular flexibility index (Phi) is 7.29. The molecule has 0 aromatic heterocycles. The van der Waals surface area contributed by atoms with Crippen molar-refractivity contribution < 1.29 is 15.3 Å². The number of hydrogen-bond donors (Lipinski definition) is 3. The van der Waals surface area contributed by atoms with Crippen LogP contribution < -0.4 is 0 Å². The van der Waals surface area contributed by atoms with Gasteiger partial charge in [0.15, 0.2) is 0 Å². The fourth-order valence-corrected chi connectivity index (χ4v) is 3.12. The summed E-state index contributed by atoms with van der Waals surface area (Å²) in [6, 6.07) is 32.9. The van der Waals surface area contributed by atoms with Crippen LogP contribution in [0.5, 0.6) is 17.2 Å². The van der Waals surface area contributed by atoms with E-state index < -0.39 is 5.92 Å². The van der Waals surface area contributed by atoms with Crippen molar-refractivity contribution in [3.05, 3.63) is 125 Å². The zero-order valence-electron chi connectivity index (χ0n) is 16.9. The Hall–Kier alpha value is -4.23. The number of phenolic OH excluding ortho intramolecular Hbond substituents is 3. The molecule has 0 atom stereocenters. The molecular weight excluding hydrogens is 386 g/mol. The van der Waals surface area contributed by atoms with Crippen LogP contribution in [0.3, 0.4) is 0 Å². The summed E-state index contributed by atoms with van der Waals surface area (Å²) in [6.07, 6.45) is 0.918. The van der Waals surface area contributed by atoms with Crippen LogP contribution in [0.4, 0.5) is 0 Å². The number of nitriles is 1. The Labute approximate surface area is 181 Å². The first kappa shape index (κ1) is 21.5. The van der Waals surface area contributed by atoms with Crippen LogP contribution in [-0.4, -0.2) is 15.3 Å². The lowest BCUT2D eigenvalue weighted by Crippen LogP contribution is -1.97. The van der Waals surface area contributed by atoms with Crippen molar-refractivity contribution >= 4 is 0 Å². The Morgan fingerprint density at radius 2 is 0.935 bits per heavy atom. The molecule has 0 aliphatic heterocycles. The standard InChI is InChI=1S/C14H11NO2.C13H12O/c15-9-14(10-1-5-12(16)6-2-10)11-3-7-13(17)8-4-11;14-13-8-6-12(7-9-13)10-11-4-2-1-3-5-11/h1-8,14,16-17H;1-9,14H,10H2. The van der Waals surface area contributed by atoms with Crippen LogP contribution in [0.15, 0.2) is 103 Å². The highest BCUT2D eigenvalue weighted by molar-refractivity contribution is 5.41. The van der Waals surface area contributed by atoms with Gasteiger partial charge in [0, 0.05) is 0 Å². The smallest absolute Gasteiger partial charge is 0.115 e. The van der Waals surface area contributed by atoms with E-state index in [1.54, 1.807) is 60.7 Å². The molecule has 0 heterocycles. The zero-order chi connectivity index (χ0) is 22.1. The molecule has 31 heavy (non-hydrogen) atoms. The van der Waals surface area contributed by atoms with Crippen molar-refractivity contribution in [2.75, 3.05) is 0 Å². The third kappa shape index (κ3) is 6.38. The maximum atomic E-state index is 9.20. The van der Waals surface area contributed by atoms with Gasteiger partial charge >= 0.3 is 0 Å². The van der Waals surface area contributed by atoms with Gasteiger partial charge in [0.2, 0.25) is 0 Å². The average Bonchev–Trinajstić information content (AvgIpc) is 2.80. The number of hydrogen-bond acceptors (Lipinski definition) is 4. The first-order valence-electron chi connectivity index (χ1n) is 9.84. The average molecular weight is 409 g/mol. The molecule has 154 valence electrons. The van der Waals surface area contributed by atoms with Crippen molar-refractivity contribution in [3.8, 4) is 23.3 Å². The lowest BCUT2D eigenvalue weighted by molar-refractivity contribution is 0.474. The van der Waals surface area contributed by atoms with Gasteiger partial charge in [-0.2, -0.15) is 5.26 Å². The molecule has 0 saturated heterocycles. The van der Waals surface area contributed by atoms with Crippen LogP contribution in [0.25, 0.3) is 0 Å². The van der Waals surface area contributed by atoms with E-state index in [0.29, 0.717) is 5.75 Å². The number of aromatic hydroxyl groups is 3. The molecule has 0 aliphatic rings. The van der Waals surface area contributed by atoms with E-state index in [0.717, 1.165) is 17.5 Å². The largest absolute Gasteiger partial charge is 0.508 e. The summed E-state index contributed by atoms with van der Waals surface area (Å²) in [6.45, 7) is 0. The fourth-order valence-electron chi connectivity index (χ4n) is 3.12. The molecule has 0 aliphatic carbocycles. The first-order chi connectivity index (χ1) is 15.0. The second-order valence-electron chi connectivity index (χ2n) is 7.07. The summed E-state index contributed by atoms with van der Waals surface area (Å²) in [4.78, 5) is 0. The zero-order valence-corrected chi connectivity index (χ0v) is 16.9. The van der Waals surface area contributed by atoms with Crippen LogP contribution in [-0.2, 0) is 6.42 Å². The molecule has 0 saturated carbocycles. The van der Waals surface area contributed by atoms with Gasteiger partial charge < -0.3 is 15.3 Å². The Morgan fingerprint density at radius 3 is 1.35 bits per heavy atom. The summed E-state index contributed by atoms with van der Waals surface area (Å²) in [5.41, 5.74) is 4.14. The van der Waals surface area contributed by atoms with Gasteiger partial charge in [-0.05, 0) is 65.1 Å². The van der Waals surface area contributed by atoms with Crippen molar-refractivity contribution in [2.24, 2.45) is 0 Å². The Balaban J connectivity index is 0.000000179. The van der Waals surface area contributed by atoms with Gasteiger partial charge in [-0.25, -0.2) is 0 Å². The number of rotatable bonds is 4. The van der Waals surface area contributed by atoms with E-state index in [1.807, 2.05) is 30.3 Å². The molecular formula is C27H23NO3. The molecule has 4 nitrogen and oxygen atoms in total. The second kappa shape index (κ2) is 10.5. The summed E-state index contributed by atoms with van der Waals surface area (Å²) < 4.78 is 0. The Bertz CT molecular complexity index is 1070. The third-order valence-corrected chi connectivity index (χ3v) is 4.77. The molecule has 0 spiro atoms. The van der Waals surface area contributed by atoms with E-state index >= 15 is 0 Å². The maximum absolute atomic E-state index is 9.20. The topological polar surface area (TPSA) is 84.5 Å². The predicted molar refractivity (Wildman–Crippen MR) is 121 cm³/mol. The van der Waals surface area contributed by atoms with Gasteiger partial charge in [0.25, 0.3) is 0 Å². The van der Waals surface area contributed by atoms with Crippen molar-refractivity contribution in [2.45, 2.75) is 12.3 Å². The normalized spacial score (nSPS) is 10.1.